The molecule has 0 radical (unpaired) electrons. The molecule has 0 spiro atoms. The standard InChI is InChI=1S/C14H22N2O.ClH/c1-10(2)12-7-5-11(6-8-12)9-16-13(17)14(3,4)15;/h5-8,10H,9,15H2,1-4H3,(H,16,17);1H. The molecule has 0 fully saturated rings. The zero-order chi connectivity index (χ0) is 13.1. The second-order valence-electron chi connectivity index (χ2n) is 5.30. The van der Waals surface area contributed by atoms with Crippen LogP contribution in [0.3, 0.4) is 0 Å². The summed E-state index contributed by atoms with van der Waals surface area (Å²) < 4.78 is 0. The average Bonchev–Trinajstić information content (AvgIpc) is 2.25. The van der Waals surface area contributed by atoms with Crippen molar-refractivity contribution in [1.82, 2.24) is 5.32 Å². The molecule has 0 saturated heterocycles. The van der Waals surface area contributed by atoms with E-state index in [0.717, 1.165) is 5.56 Å². The number of hydrogen-bond acceptors (Lipinski definition) is 2. The fourth-order valence-electron chi connectivity index (χ4n) is 1.43. The highest BCUT2D eigenvalue weighted by Gasteiger charge is 2.20. The first-order valence-corrected chi connectivity index (χ1v) is 5.96. The Kier molecular flexibility index (Phi) is 6.36. The molecule has 0 atom stereocenters. The molecule has 0 saturated carbocycles. The van der Waals surface area contributed by atoms with Gasteiger partial charge in [0.15, 0.2) is 0 Å². The fraction of sp³-hybridized carbons (Fsp3) is 0.500. The first-order chi connectivity index (χ1) is 7.80. The number of carbonyl (C=O) groups is 1. The molecule has 0 aliphatic rings. The summed E-state index contributed by atoms with van der Waals surface area (Å²) in [5.41, 5.74) is 7.27. The number of nitrogens with two attached hydrogens (primary N) is 1. The number of benzene rings is 1. The summed E-state index contributed by atoms with van der Waals surface area (Å²) in [5, 5.41) is 2.82. The van der Waals surface area contributed by atoms with E-state index in [9.17, 15) is 4.79 Å². The second kappa shape index (κ2) is 6.76. The van der Waals surface area contributed by atoms with E-state index in [1.807, 2.05) is 12.1 Å². The largest absolute Gasteiger partial charge is 0.350 e. The van der Waals surface area contributed by atoms with Crippen LogP contribution in [0.1, 0.15) is 44.7 Å². The van der Waals surface area contributed by atoms with Crippen LogP contribution in [0.25, 0.3) is 0 Å². The fourth-order valence-corrected chi connectivity index (χ4v) is 1.43. The van der Waals surface area contributed by atoms with Crippen molar-refractivity contribution in [3.63, 3.8) is 0 Å². The van der Waals surface area contributed by atoms with E-state index >= 15 is 0 Å². The van der Waals surface area contributed by atoms with Crippen LogP contribution in [0.4, 0.5) is 0 Å². The lowest BCUT2D eigenvalue weighted by atomic mass is 10.0. The van der Waals surface area contributed by atoms with Gasteiger partial charge in [-0.05, 0) is 30.9 Å². The van der Waals surface area contributed by atoms with Gasteiger partial charge in [-0.3, -0.25) is 4.79 Å². The van der Waals surface area contributed by atoms with Crippen molar-refractivity contribution in [3.8, 4) is 0 Å². The molecule has 0 aromatic heterocycles. The lowest BCUT2D eigenvalue weighted by molar-refractivity contribution is -0.125. The molecule has 0 aliphatic heterocycles. The molecule has 1 aromatic rings. The molecule has 4 heteroatoms. The average molecular weight is 271 g/mol. The zero-order valence-corrected chi connectivity index (χ0v) is 12.3. The summed E-state index contributed by atoms with van der Waals surface area (Å²) in [7, 11) is 0. The maximum Gasteiger partial charge on any atom is 0.239 e. The lowest BCUT2D eigenvalue weighted by Crippen LogP contribution is -2.48. The van der Waals surface area contributed by atoms with Gasteiger partial charge in [0, 0.05) is 6.54 Å². The van der Waals surface area contributed by atoms with Crippen molar-refractivity contribution >= 4 is 18.3 Å². The molecule has 18 heavy (non-hydrogen) atoms. The van der Waals surface area contributed by atoms with Crippen LogP contribution in [-0.4, -0.2) is 11.4 Å². The summed E-state index contributed by atoms with van der Waals surface area (Å²) in [4.78, 5) is 11.6. The maximum absolute atomic E-state index is 11.6. The molecule has 1 aromatic carbocycles. The van der Waals surface area contributed by atoms with Crippen LogP contribution >= 0.6 is 12.4 Å². The van der Waals surface area contributed by atoms with Gasteiger partial charge in [-0.1, -0.05) is 38.1 Å². The molecule has 0 heterocycles. The van der Waals surface area contributed by atoms with Crippen LogP contribution in [0.2, 0.25) is 0 Å². The summed E-state index contributed by atoms with van der Waals surface area (Å²) >= 11 is 0. The summed E-state index contributed by atoms with van der Waals surface area (Å²) in [6.45, 7) is 8.24. The Morgan fingerprint density at radius 1 is 1.28 bits per heavy atom. The maximum atomic E-state index is 11.6. The lowest BCUT2D eigenvalue weighted by Gasteiger charge is -2.17. The van der Waals surface area contributed by atoms with E-state index in [-0.39, 0.29) is 18.3 Å². The normalized spacial score (nSPS) is 11.0. The van der Waals surface area contributed by atoms with Gasteiger partial charge >= 0.3 is 0 Å². The van der Waals surface area contributed by atoms with Crippen molar-refractivity contribution in [2.45, 2.75) is 45.7 Å². The Bertz CT molecular complexity index is 380. The van der Waals surface area contributed by atoms with Gasteiger partial charge < -0.3 is 11.1 Å². The van der Waals surface area contributed by atoms with Gasteiger partial charge in [0.2, 0.25) is 5.91 Å². The van der Waals surface area contributed by atoms with Gasteiger partial charge in [0.25, 0.3) is 0 Å². The predicted octanol–water partition coefficient (Wildman–Crippen LogP) is 2.59. The van der Waals surface area contributed by atoms with Gasteiger partial charge in [-0.25, -0.2) is 0 Å². The Hall–Kier alpha value is -1.06. The highest BCUT2D eigenvalue weighted by atomic mass is 35.5. The molecule has 0 bridgehead atoms. The van der Waals surface area contributed by atoms with E-state index in [2.05, 4.69) is 31.3 Å². The third-order valence-corrected chi connectivity index (χ3v) is 2.68. The van der Waals surface area contributed by atoms with Gasteiger partial charge in [-0.15, -0.1) is 12.4 Å². The molecule has 0 aliphatic carbocycles. The molecule has 102 valence electrons. The molecule has 3 N–H and O–H groups in total. The summed E-state index contributed by atoms with van der Waals surface area (Å²) in [6, 6.07) is 8.28. The van der Waals surface area contributed by atoms with E-state index in [4.69, 9.17) is 5.73 Å². The summed E-state index contributed by atoms with van der Waals surface area (Å²) in [5.74, 6) is 0.395. The smallest absolute Gasteiger partial charge is 0.239 e. The number of halogens is 1. The van der Waals surface area contributed by atoms with Crippen LogP contribution < -0.4 is 11.1 Å². The molecule has 3 nitrogen and oxygen atoms in total. The summed E-state index contributed by atoms with van der Waals surface area (Å²) in [6.07, 6.45) is 0. The monoisotopic (exact) mass is 270 g/mol. The number of carbonyl (C=O) groups excluding carboxylic acids is 1. The zero-order valence-electron chi connectivity index (χ0n) is 11.5. The van der Waals surface area contributed by atoms with Gasteiger partial charge in [0.1, 0.15) is 0 Å². The van der Waals surface area contributed by atoms with Crippen molar-refractivity contribution in [2.24, 2.45) is 5.73 Å². The van der Waals surface area contributed by atoms with E-state index in [1.54, 1.807) is 13.8 Å². The Morgan fingerprint density at radius 3 is 2.17 bits per heavy atom. The number of rotatable bonds is 4. The molecule has 1 amide bonds. The van der Waals surface area contributed by atoms with Crippen molar-refractivity contribution < 1.29 is 4.79 Å². The van der Waals surface area contributed by atoms with Crippen LogP contribution in [0, 0.1) is 0 Å². The van der Waals surface area contributed by atoms with E-state index in [0.29, 0.717) is 12.5 Å². The number of amides is 1. The minimum absolute atomic E-state index is 0. The Balaban J connectivity index is 0.00000289. The van der Waals surface area contributed by atoms with Crippen molar-refractivity contribution in [3.05, 3.63) is 35.4 Å². The van der Waals surface area contributed by atoms with E-state index in [1.165, 1.54) is 5.56 Å². The molecular weight excluding hydrogens is 248 g/mol. The highest BCUT2D eigenvalue weighted by Crippen LogP contribution is 2.14. The van der Waals surface area contributed by atoms with Crippen molar-refractivity contribution in [2.75, 3.05) is 0 Å². The van der Waals surface area contributed by atoms with Crippen LogP contribution in [0.5, 0.6) is 0 Å². The first kappa shape index (κ1) is 16.9. The van der Waals surface area contributed by atoms with Crippen LogP contribution in [0.15, 0.2) is 24.3 Å². The Morgan fingerprint density at radius 2 is 1.78 bits per heavy atom. The minimum atomic E-state index is -0.822. The second-order valence-corrected chi connectivity index (χ2v) is 5.30. The predicted molar refractivity (Wildman–Crippen MR) is 77.9 cm³/mol. The quantitative estimate of drug-likeness (QED) is 0.884. The van der Waals surface area contributed by atoms with Gasteiger partial charge in [0.05, 0.1) is 5.54 Å². The van der Waals surface area contributed by atoms with Gasteiger partial charge in [-0.2, -0.15) is 0 Å². The topological polar surface area (TPSA) is 55.1 Å². The Labute approximate surface area is 116 Å². The number of nitrogens with one attached hydrogen (secondary N) is 1. The van der Waals surface area contributed by atoms with Crippen LogP contribution in [-0.2, 0) is 11.3 Å². The minimum Gasteiger partial charge on any atom is -0.350 e. The van der Waals surface area contributed by atoms with Crippen molar-refractivity contribution in [1.29, 1.82) is 0 Å². The third kappa shape index (κ3) is 5.07. The first-order valence-electron chi connectivity index (χ1n) is 5.96. The highest BCUT2D eigenvalue weighted by molar-refractivity contribution is 5.85. The SMILES string of the molecule is CC(C)c1ccc(CNC(=O)C(C)(C)N)cc1.Cl. The molecule has 0 unspecified atom stereocenters. The van der Waals surface area contributed by atoms with E-state index < -0.39 is 5.54 Å². The molecule has 1 rings (SSSR count). The molecular formula is C14H23ClN2O. The number of hydrogen-bond donors (Lipinski definition) is 2. The third-order valence-electron chi connectivity index (χ3n) is 2.68.